The van der Waals surface area contributed by atoms with E-state index in [9.17, 15) is 0 Å². The summed E-state index contributed by atoms with van der Waals surface area (Å²) in [5.74, 6) is 1.84. The molecule has 3 heterocycles. The van der Waals surface area contributed by atoms with Gasteiger partial charge in [0.2, 0.25) is 17.8 Å². The summed E-state index contributed by atoms with van der Waals surface area (Å²) in [4.78, 5) is 20.4. The Kier molecular flexibility index (Phi) is 3.29. The molecule has 7 nitrogen and oxygen atoms in total. The van der Waals surface area contributed by atoms with Crippen molar-refractivity contribution in [1.82, 2.24) is 19.9 Å². The Morgan fingerprint density at radius 3 is 1.90 bits per heavy atom. The average molecular weight is 289 g/mol. The maximum absolute atomic E-state index is 5.89. The zero-order valence-corrected chi connectivity index (χ0v) is 12.4. The average Bonchev–Trinajstić information content (AvgIpc) is 3.21. The number of hydrogen-bond acceptors (Lipinski definition) is 7. The van der Waals surface area contributed by atoms with Crippen molar-refractivity contribution in [2.75, 3.05) is 54.8 Å². The van der Waals surface area contributed by atoms with Crippen molar-refractivity contribution in [3.63, 3.8) is 0 Å². The van der Waals surface area contributed by atoms with Crippen LogP contribution in [-0.2, 0) is 0 Å². The number of nitrogens with zero attached hydrogens (tertiary/aromatic N) is 6. The Bertz CT molecular complexity index is 502. The van der Waals surface area contributed by atoms with E-state index in [1.165, 1.54) is 25.7 Å². The summed E-state index contributed by atoms with van der Waals surface area (Å²) >= 11 is 0. The fourth-order valence-electron chi connectivity index (χ4n) is 3.30. The summed E-state index contributed by atoms with van der Waals surface area (Å²) in [6.45, 7) is 6.24. The molecule has 2 saturated heterocycles. The first-order valence-electron chi connectivity index (χ1n) is 8.05. The number of rotatable bonds is 3. The molecular formula is C14H23N7. The molecule has 2 aliphatic heterocycles. The molecule has 0 radical (unpaired) electrons. The van der Waals surface area contributed by atoms with Crippen LogP contribution in [0.1, 0.15) is 25.7 Å². The molecule has 7 heteroatoms. The first-order chi connectivity index (χ1) is 10.3. The highest BCUT2D eigenvalue weighted by molar-refractivity contribution is 5.44. The first-order valence-corrected chi connectivity index (χ1v) is 8.05. The quantitative estimate of drug-likeness (QED) is 0.860. The van der Waals surface area contributed by atoms with Gasteiger partial charge in [-0.1, -0.05) is 0 Å². The number of anilines is 3. The molecule has 0 unspecified atom stereocenters. The van der Waals surface area contributed by atoms with Crippen LogP contribution in [0.5, 0.6) is 0 Å². The van der Waals surface area contributed by atoms with Gasteiger partial charge in [0.25, 0.3) is 0 Å². The predicted molar refractivity (Wildman–Crippen MR) is 82.5 cm³/mol. The second-order valence-corrected chi connectivity index (χ2v) is 6.24. The maximum Gasteiger partial charge on any atom is 0.232 e. The SMILES string of the molecule is Nc1nc(N2CCCC2)nc(N2CCN(C3CC3)CC2)n1. The molecule has 1 aromatic heterocycles. The van der Waals surface area contributed by atoms with E-state index in [2.05, 4.69) is 29.7 Å². The molecule has 0 atom stereocenters. The van der Waals surface area contributed by atoms with Crippen molar-refractivity contribution in [2.24, 2.45) is 0 Å². The molecule has 1 saturated carbocycles. The molecule has 21 heavy (non-hydrogen) atoms. The Balaban J connectivity index is 1.48. The minimum Gasteiger partial charge on any atom is -0.368 e. The standard InChI is InChI=1S/C14H23N7/c15-12-16-13(20-5-1-2-6-20)18-14(17-12)21-9-7-19(8-10-21)11-3-4-11/h11H,1-10H2,(H2,15,16,17,18). The van der Waals surface area contributed by atoms with Crippen molar-refractivity contribution in [2.45, 2.75) is 31.7 Å². The van der Waals surface area contributed by atoms with Gasteiger partial charge in [-0.3, -0.25) is 4.90 Å². The molecule has 0 bridgehead atoms. The number of hydrogen-bond donors (Lipinski definition) is 1. The third-order valence-electron chi connectivity index (χ3n) is 4.68. The number of piperazine rings is 1. The highest BCUT2D eigenvalue weighted by Gasteiger charge is 2.32. The van der Waals surface area contributed by atoms with Gasteiger partial charge < -0.3 is 15.5 Å². The lowest BCUT2D eigenvalue weighted by Crippen LogP contribution is -2.48. The Morgan fingerprint density at radius 1 is 0.762 bits per heavy atom. The lowest BCUT2D eigenvalue weighted by atomic mass is 10.3. The number of aromatic nitrogens is 3. The van der Waals surface area contributed by atoms with E-state index < -0.39 is 0 Å². The molecule has 3 aliphatic rings. The van der Waals surface area contributed by atoms with Crippen LogP contribution in [0.4, 0.5) is 17.8 Å². The second-order valence-electron chi connectivity index (χ2n) is 6.24. The normalized spacial score (nSPS) is 23.8. The molecule has 2 N–H and O–H groups in total. The highest BCUT2D eigenvalue weighted by Crippen LogP contribution is 2.28. The Hall–Kier alpha value is -1.63. The lowest BCUT2D eigenvalue weighted by molar-refractivity contribution is 0.247. The minimum atomic E-state index is 0.339. The van der Waals surface area contributed by atoms with E-state index in [1.54, 1.807) is 0 Å². The largest absolute Gasteiger partial charge is 0.368 e. The van der Waals surface area contributed by atoms with Crippen LogP contribution >= 0.6 is 0 Å². The summed E-state index contributed by atoms with van der Waals surface area (Å²) < 4.78 is 0. The van der Waals surface area contributed by atoms with Crippen molar-refractivity contribution < 1.29 is 0 Å². The Labute approximate surface area is 125 Å². The monoisotopic (exact) mass is 289 g/mol. The van der Waals surface area contributed by atoms with Crippen LogP contribution in [0.15, 0.2) is 0 Å². The van der Waals surface area contributed by atoms with Crippen LogP contribution in [0.2, 0.25) is 0 Å². The highest BCUT2D eigenvalue weighted by atomic mass is 15.4. The molecule has 0 amide bonds. The van der Waals surface area contributed by atoms with Crippen molar-refractivity contribution >= 4 is 17.8 Å². The zero-order chi connectivity index (χ0) is 14.2. The minimum absolute atomic E-state index is 0.339. The van der Waals surface area contributed by atoms with Gasteiger partial charge in [-0.25, -0.2) is 0 Å². The Morgan fingerprint density at radius 2 is 1.33 bits per heavy atom. The third kappa shape index (κ3) is 2.74. The number of nitrogens with two attached hydrogens (primary N) is 1. The van der Waals surface area contributed by atoms with Gasteiger partial charge in [-0.05, 0) is 25.7 Å². The van der Waals surface area contributed by atoms with Gasteiger partial charge in [0, 0.05) is 45.3 Å². The molecule has 3 fully saturated rings. The summed E-state index contributed by atoms with van der Waals surface area (Å²) in [6, 6.07) is 0.843. The molecule has 114 valence electrons. The molecule has 1 aromatic rings. The van der Waals surface area contributed by atoms with E-state index in [4.69, 9.17) is 5.73 Å². The fraction of sp³-hybridized carbons (Fsp3) is 0.786. The second kappa shape index (κ2) is 5.29. The third-order valence-corrected chi connectivity index (χ3v) is 4.68. The van der Waals surface area contributed by atoms with Gasteiger partial charge in [0.05, 0.1) is 0 Å². The van der Waals surface area contributed by atoms with Crippen LogP contribution < -0.4 is 15.5 Å². The van der Waals surface area contributed by atoms with E-state index in [-0.39, 0.29) is 0 Å². The summed E-state index contributed by atoms with van der Waals surface area (Å²) in [7, 11) is 0. The van der Waals surface area contributed by atoms with Gasteiger partial charge in [-0.2, -0.15) is 15.0 Å². The zero-order valence-electron chi connectivity index (χ0n) is 12.4. The predicted octanol–water partition coefficient (Wildman–Crippen LogP) is 0.338. The summed E-state index contributed by atoms with van der Waals surface area (Å²) in [6.07, 6.45) is 5.16. The topological polar surface area (TPSA) is 74.4 Å². The first kappa shape index (κ1) is 13.1. The van der Waals surface area contributed by atoms with E-state index in [0.717, 1.165) is 57.2 Å². The van der Waals surface area contributed by atoms with Crippen LogP contribution in [0.25, 0.3) is 0 Å². The lowest BCUT2D eigenvalue weighted by Gasteiger charge is -2.35. The van der Waals surface area contributed by atoms with E-state index >= 15 is 0 Å². The number of nitrogen functional groups attached to an aromatic ring is 1. The van der Waals surface area contributed by atoms with Crippen LogP contribution in [0.3, 0.4) is 0 Å². The van der Waals surface area contributed by atoms with Gasteiger partial charge in [0.15, 0.2) is 0 Å². The van der Waals surface area contributed by atoms with Crippen molar-refractivity contribution in [1.29, 1.82) is 0 Å². The molecule has 0 spiro atoms. The molecular weight excluding hydrogens is 266 g/mol. The summed E-state index contributed by atoms with van der Waals surface area (Å²) in [5.41, 5.74) is 5.89. The smallest absolute Gasteiger partial charge is 0.232 e. The van der Waals surface area contributed by atoms with Crippen LogP contribution in [0, 0.1) is 0 Å². The van der Waals surface area contributed by atoms with Gasteiger partial charge in [0.1, 0.15) is 0 Å². The van der Waals surface area contributed by atoms with Gasteiger partial charge >= 0.3 is 0 Å². The fourth-order valence-corrected chi connectivity index (χ4v) is 3.30. The van der Waals surface area contributed by atoms with Crippen molar-refractivity contribution in [3.05, 3.63) is 0 Å². The molecule has 0 aromatic carbocycles. The molecule has 4 rings (SSSR count). The summed E-state index contributed by atoms with van der Waals surface area (Å²) in [5, 5.41) is 0. The van der Waals surface area contributed by atoms with E-state index in [0.29, 0.717) is 5.95 Å². The van der Waals surface area contributed by atoms with Crippen LogP contribution in [-0.4, -0.2) is 65.2 Å². The maximum atomic E-state index is 5.89. The van der Waals surface area contributed by atoms with Crippen molar-refractivity contribution in [3.8, 4) is 0 Å². The van der Waals surface area contributed by atoms with Gasteiger partial charge in [-0.15, -0.1) is 0 Å². The molecule has 1 aliphatic carbocycles. The van der Waals surface area contributed by atoms with E-state index in [1.807, 2.05) is 0 Å².